The van der Waals surface area contributed by atoms with Crippen molar-refractivity contribution in [3.8, 4) is 0 Å². The van der Waals surface area contributed by atoms with Crippen LogP contribution in [-0.4, -0.2) is 24.1 Å². The fraction of sp³-hybridized carbons (Fsp3) is 0.538. The normalized spacial score (nSPS) is 11.9. The Morgan fingerprint density at radius 1 is 1.56 bits per heavy atom. The van der Waals surface area contributed by atoms with Gasteiger partial charge in [0, 0.05) is 6.54 Å². The van der Waals surface area contributed by atoms with E-state index in [4.69, 9.17) is 10.5 Å². The van der Waals surface area contributed by atoms with E-state index in [0.29, 0.717) is 29.6 Å². The van der Waals surface area contributed by atoms with Gasteiger partial charge < -0.3 is 15.8 Å². The van der Waals surface area contributed by atoms with Crippen LogP contribution in [0.25, 0.3) is 0 Å². The summed E-state index contributed by atoms with van der Waals surface area (Å²) < 4.78 is 4.98. The Kier molecular flexibility index (Phi) is 5.42. The maximum atomic E-state index is 11.8. The molecule has 0 amide bonds. The third kappa shape index (κ3) is 3.91. The molecule has 0 aromatic carbocycles. The van der Waals surface area contributed by atoms with Gasteiger partial charge in [-0.05, 0) is 18.9 Å². The zero-order chi connectivity index (χ0) is 13.5. The Bertz CT molecular complexity index is 407. The number of carbonyl (C=O) groups excluding carboxylic acids is 1. The second kappa shape index (κ2) is 6.83. The lowest BCUT2D eigenvalue weighted by molar-refractivity contribution is 0.0527. The molecule has 0 radical (unpaired) electrons. The Balaban J connectivity index is 2.86. The predicted molar refractivity (Wildman–Crippen MR) is 72.6 cm³/mol. The van der Waals surface area contributed by atoms with E-state index in [1.165, 1.54) is 6.20 Å². The molecule has 1 atom stereocenters. The van der Waals surface area contributed by atoms with Crippen LogP contribution in [0.3, 0.4) is 0 Å². The Morgan fingerprint density at radius 2 is 2.28 bits per heavy atom. The van der Waals surface area contributed by atoms with Crippen molar-refractivity contribution >= 4 is 17.5 Å². The molecule has 5 heteroatoms. The number of nitrogens with one attached hydrogen (secondary N) is 1. The summed E-state index contributed by atoms with van der Waals surface area (Å²) in [5, 5.41) is 3.16. The number of carbonyl (C=O) groups is 1. The zero-order valence-electron chi connectivity index (χ0n) is 11.2. The van der Waals surface area contributed by atoms with Gasteiger partial charge in [-0.25, -0.2) is 9.78 Å². The number of esters is 1. The number of ether oxygens (including phenoxy) is 1. The first-order valence-electron chi connectivity index (χ1n) is 6.25. The van der Waals surface area contributed by atoms with Crippen LogP contribution in [0.1, 0.15) is 37.6 Å². The summed E-state index contributed by atoms with van der Waals surface area (Å²) in [6.45, 7) is 7.12. The first-order valence-corrected chi connectivity index (χ1v) is 6.25. The van der Waals surface area contributed by atoms with Crippen LogP contribution in [0.15, 0.2) is 12.3 Å². The fourth-order valence-electron chi connectivity index (χ4n) is 1.40. The van der Waals surface area contributed by atoms with Crippen LogP contribution in [0.4, 0.5) is 11.5 Å². The van der Waals surface area contributed by atoms with Crippen LogP contribution in [0, 0.1) is 5.92 Å². The van der Waals surface area contributed by atoms with Gasteiger partial charge in [0.1, 0.15) is 11.4 Å². The maximum absolute atomic E-state index is 11.8. The molecule has 5 nitrogen and oxygen atoms in total. The lowest BCUT2D eigenvalue weighted by atomic mass is 10.1. The summed E-state index contributed by atoms with van der Waals surface area (Å²) >= 11 is 0. The monoisotopic (exact) mass is 251 g/mol. The van der Waals surface area contributed by atoms with Gasteiger partial charge in [-0.2, -0.15) is 0 Å². The number of hydrogen-bond acceptors (Lipinski definition) is 5. The minimum Gasteiger partial charge on any atom is -0.462 e. The van der Waals surface area contributed by atoms with Crippen LogP contribution in [-0.2, 0) is 4.74 Å². The van der Waals surface area contributed by atoms with E-state index in [0.717, 1.165) is 13.0 Å². The maximum Gasteiger partial charge on any atom is 0.341 e. The van der Waals surface area contributed by atoms with E-state index in [2.05, 4.69) is 24.1 Å². The van der Waals surface area contributed by atoms with E-state index < -0.39 is 5.97 Å². The largest absolute Gasteiger partial charge is 0.462 e. The number of hydrogen-bond donors (Lipinski definition) is 2. The molecule has 0 aliphatic heterocycles. The number of nitrogens with zero attached hydrogens (tertiary/aromatic N) is 1. The topological polar surface area (TPSA) is 77.2 Å². The van der Waals surface area contributed by atoms with Crippen molar-refractivity contribution in [3.63, 3.8) is 0 Å². The summed E-state index contributed by atoms with van der Waals surface area (Å²) in [6, 6.07) is 1.59. The van der Waals surface area contributed by atoms with E-state index in [1.54, 1.807) is 13.0 Å². The number of aromatic nitrogens is 1. The minimum atomic E-state index is -0.399. The van der Waals surface area contributed by atoms with Gasteiger partial charge in [0.25, 0.3) is 0 Å². The van der Waals surface area contributed by atoms with Gasteiger partial charge in [-0.1, -0.05) is 20.3 Å². The molecule has 1 heterocycles. The van der Waals surface area contributed by atoms with Crippen molar-refractivity contribution in [2.45, 2.75) is 27.2 Å². The first kappa shape index (κ1) is 14.3. The Morgan fingerprint density at radius 3 is 2.89 bits per heavy atom. The molecular weight excluding hydrogens is 230 g/mol. The van der Waals surface area contributed by atoms with Gasteiger partial charge in [0.15, 0.2) is 0 Å². The lowest BCUT2D eigenvalue weighted by Gasteiger charge is -2.13. The first-order chi connectivity index (χ1) is 8.58. The second-order valence-corrected chi connectivity index (χ2v) is 4.28. The average molecular weight is 251 g/mol. The molecule has 3 N–H and O–H groups in total. The minimum absolute atomic E-state index is 0.332. The SMILES string of the molecule is CCOC(=O)c1cc(N)cnc1NCC(C)CC. The molecule has 1 aromatic heterocycles. The number of rotatable bonds is 6. The van der Waals surface area contributed by atoms with E-state index >= 15 is 0 Å². The van der Waals surface area contributed by atoms with E-state index in [-0.39, 0.29) is 0 Å². The van der Waals surface area contributed by atoms with Crippen molar-refractivity contribution in [3.05, 3.63) is 17.8 Å². The highest BCUT2D eigenvalue weighted by molar-refractivity contribution is 5.95. The van der Waals surface area contributed by atoms with Gasteiger partial charge in [0.05, 0.1) is 18.5 Å². The van der Waals surface area contributed by atoms with Crippen molar-refractivity contribution in [1.29, 1.82) is 0 Å². The van der Waals surface area contributed by atoms with Crippen molar-refractivity contribution < 1.29 is 9.53 Å². The molecule has 0 saturated heterocycles. The molecule has 0 saturated carbocycles. The number of pyridine rings is 1. The second-order valence-electron chi connectivity index (χ2n) is 4.28. The van der Waals surface area contributed by atoms with Crippen molar-refractivity contribution in [1.82, 2.24) is 4.98 Å². The van der Waals surface area contributed by atoms with Gasteiger partial charge in [0.2, 0.25) is 0 Å². The van der Waals surface area contributed by atoms with E-state index in [1.807, 2.05) is 0 Å². The van der Waals surface area contributed by atoms with Crippen LogP contribution in [0.5, 0.6) is 0 Å². The summed E-state index contributed by atoms with van der Waals surface area (Å²) in [4.78, 5) is 15.9. The lowest BCUT2D eigenvalue weighted by Crippen LogP contribution is -2.16. The van der Waals surface area contributed by atoms with Gasteiger partial charge >= 0.3 is 5.97 Å². The Labute approximate surface area is 108 Å². The molecule has 1 unspecified atom stereocenters. The van der Waals surface area contributed by atoms with Crippen molar-refractivity contribution in [2.24, 2.45) is 5.92 Å². The zero-order valence-corrected chi connectivity index (χ0v) is 11.2. The molecule has 0 bridgehead atoms. The molecule has 0 spiro atoms. The van der Waals surface area contributed by atoms with E-state index in [9.17, 15) is 4.79 Å². The van der Waals surface area contributed by atoms with Crippen LogP contribution in [0.2, 0.25) is 0 Å². The fourth-order valence-corrected chi connectivity index (χ4v) is 1.40. The highest BCUT2D eigenvalue weighted by Gasteiger charge is 2.14. The predicted octanol–water partition coefficient (Wildman–Crippen LogP) is 2.30. The molecule has 0 aliphatic rings. The van der Waals surface area contributed by atoms with Crippen LogP contribution >= 0.6 is 0 Å². The number of nitrogen functional groups attached to an aromatic ring is 1. The highest BCUT2D eigenvalue weighted by atomic mass is 16.5. The number of anilines is 2. The number of nitrogens with two attached hydrogens (primary N) is 1. The molecule has 0 fully saturated rings. The smallest absolute Gasteiger partial charge is 0.341 e. The summed E-state index contributed by atoms with van der Waals surface area (Å²) in [5.41, 5.74) is 6.49. The summed E-state index contributed by atoms with van der Waals surface area (Å²) in [7, 11) is 0. The van der Waals surface area contributed by atoms with Gasteiger partial charge in [-0.15, -0.1) is 0 Å². The molecule has 1 rings (SSSR count). The summed E-state index contributed by atoms with van der Waals surface area (Å²) in [5.74, 6) is 0.645. The molecule has 0 aliphatic carbocycles. The van der Waals surface area contributed by atoms with Crippen LogP contribution < -0.4 is 11.1 Å². The average Bonchev–Trinajstić information content (AvgIpc) is 2.37. The molecule has 18 heavy (non-hydrogen) atoms. The third-order valence-corrected chi connectivity index (χ3v) is 2.72. The Hall–Kier alpha value is -1.78. The quantitative estimate of drug-likeness (QED) is 0.758. The standard InChI is InChI=1S/C13H21N3O2/c1-4-9(3)7-15-12-11(13(17)18-5-2)6-10(14)8-16-12/h6,8-9H,4-5,7,14H2,1-3H3,(H,15,16). The highest BCUT2D eigenvalue weighted by Crippen LogP contribution is 2.17. The molecule has 100 valence electrons. The third-order valence-electron chi connectivity index (χ3n) is 2.72. The summed E-state index contributed by atoms with van der Waals surface area (Å²) in [6.07, 6.45) is 2.60. The van der Waals surface area contributed by atoms with Crippen molar-refractivity contribution in [2.75, 3.05) is 24.2 Å². The molecule has 1 aromatic rings. The van der Waals surface area contributed by atoms with Gasteiger partial charge in [-0.3, -0.25) is 0 Å². The molecular formula is C13H21N3O2.